The summed E-state index contributed by atoms with van der Waals surface area (Å²) in [6.07, 6.45) is 0. The van der Waals surface area contributed by atoms with E-state index in [0.717, 1.165) is 23.0 Å². The van der Waals surface area contributed by atoms with Gasteiger partial charge in [-0.05, 0) is 41.6 Å². The van der Waals surface area contributed by atoms with Crippen molar-refractivity contribution in [2.45, 2.75) is 6.92 Å². The first-order valence-electron chi connectivity index (χ1n) is 7.82. The molecule has 3 heterocycles. The summed E-state index contributed by atoms with van der Waals surface area (Å²) >= 11 is 0. The van der Waals surface area contributed by atoms with E-state index >= 15 is 0 Å². The third-order valence-electron chi connectivity index (χ3n) is 3.60. The van der Waals surface area contributed by atoms with E-state index in [1.807, 2.05) is 49.4 Å². The van der Waals surface area contributed by atoms with Crippen molar-refractivity contribution < 1.29 is 0 Å². The van der Waals surface area contributed by atoms with E-state index in [0.29, 0.717) is 19.0 Å². The molecule has 4 aromatic rings. The van der Waals surface area contributed by atoms with Gasteiger partial charge in [0.25, 0.3) is 0 Å². The van der Waals surface area contributed by atoms with Crippen LogP contribution in [0.1, 0.15) is 5.82 Å². The molecule has 0 aliphatic carbocycles. The smallest absolute Gasteiger partial charge is 0.247 e. The number of aromatic nitrogens is 8. The average Bonchev–Trinajstić information content (AvgIpc) is 3.27. The number of tetrazole rings is 1. The second-order valence-corrected chi connectivity index (χ2v) is 5.34. The van der Waals surface area contributed by atoms with Crippen LogP contribution in [0.5, 0.6) is 0 Å². The van der Waals surface area contributed by atoms with Crippen molar-refractivity contribution in [1.82, 2.24) is 40.0 Å². The van der Waals surface area contributed by atoms with E-state index in [4.69, 9.17) is 0 Å². The van der Waals surface area contributed by atoms with Crippen molar-refractivity contribution in [3.63, 3.8) is 0 Å². The highest BCUT2D eigenvalue weighted by molar-refractivity contribution is 5.44. The predicted octanol–water partition coefficient (Wildman–Crippen LogP) is 0.932. The number of hydrogen-bond acceptors (Lipinski definition) is 8. The van der Waals surface area contributed by atoms with Gasteiger partial charge < -0.3 is 10.6 Å². The first-order chi connectivity index (χ1) is 12.3. The molecule has 0 saturated carbocycles. The summed E-state index contributed by atoms with van der Waals surface area (Å²) in [4.78, 5) is 0. The molecule has 0 aliphatic rings. The van der Waals surface area contributed by atoms with Crippen molar-refractivity contribution in [2.24, 2.45) is 0 Å². The van der Waals surface area contributed by atoms with Gasteiger partial charge in [-0.15, -0.1) is 15.3 Å². The number of fused-ring (bicyclic) bond motifs is 1. The SMILES string of the molecule is Cc1nnc2ccc(NCCNc3nnnn3-c3ccccc3)nn12. The number of nitrogens with one attached hydrogen (secondary N) is 2. The molecular formula is C15H16N10. The maximum absolute atomic E-state index is 4.44. The standard InChI is InChI=1S/C15H16N10/c1-11-18-19-14-8-7-13(21-24(11)14)16-9-10-17-15-20-22-23-25(15)12-5-3-2-4-6-12/h2-8H,9-10H2,1H3,(H,16,21)(H,17,20,23). The molecule has 2 N–H and O–H groups in total. The Morgan fingerprint density at radius 1 is 0.920 bits per heavy atom. The molecule has 0 amide bonds. The van der Waals surface area contributed by atoms with E-state index in [1.165, 1.54) is 0 Å². The molecule has 0 aliphatic heterocycles. The van der Waals surface area contributed by atoms with E-state index in [-0.39, 0.29) is 0 Å². The van der Waals surface area contributed by atoms with Crippen molar-refractivity contribution in [2.75, 3.05) is 23.7 Å². The topological polar surface area (TPSA) is 111 Å². The second kappa shape index (κ2) is 6.51. The Morgan fingerprint density at radius 3 is 2.64 bits per heavy atom. The lowest BCUT2D eigenvalue weighted by molar-refractivity contribution is 0.789. The van der Waals surface area contributed by atoms with E-state index in [9.17, 15) is 0 Å². The number of aryl methyl sites for hydroxylation is 1. The molecule has 0 saturated heterocycles. The molecular weight excluding hydrogens is 320 g/mol. The van der Waals surface area contributed by atoms with Crippen LogP contribution in [0.15, 0.2) is 42.5 Å². The lowest BCUT2D eigenvalue weighted by Crippen LogP contribution is -2.17. The lowest BCUT2D eigenvalue weighted by atomic mass is 10.3. The Bertz CT molecular complexity index is 974. The molecule has 10 heteroatoms. The van der Waals surface area contributed by atoms with Crippen LogP contribution in [-0.4, -0.2) is 53.1 Å². The minimum Gasteiger partial charge on any atom is -0.367 e. The van der Waals surface area contributed by atoms with Gasteiger partial charge in [0.15, 0.2) is 11.5 Å². The van der Waals surface area contributed by atoms with Crippen molar-refractivity contribution in [3.8, 4) is 5.69 Å². The number of rotatable bonds is 6. The Kier molecular flexibility index (Phi) is 3.91. The van der Waals surface area contributed by atoms with Gasteiger partial charge in [-0.25, -0.2) is 0 Å². The summed E-state index contributed by atoms with van der Waals surface area (Å²) in [5, 5.41) is 30.6. The van der Waals surface area contributed by atoms with Crippen molar-refractivity contribution >= 4 is 17.4 Å². The highest BCUT2D eigenvalue weighted by Crippen LogP contribution is 2.10. The zero-order chi connectivity index (χ0) is 17.1. The molecule has 0 atom stereocenters. The third kappa shape index (κ3) is 3.09. The molecule has 0 radical (unpaired) electrons. The first kappa shape index (κ1) is 15.0. The number of para-hydroxylation sites is 1. The summed E-state index contributed by atoms with van der Waals surface area (Å²) in [6.45, 7) is 3.15. The van der Waals surface area contributed by atoms with Gasteiger partial charge in [0.2, 0.25) is 5.95 Å². The fourth-order valence-corrected chi connectivity index (χ4v) is 2.40. The minimum absolute atomic E-state index is 0.589. The highest BCUT2D eigenvalue weighted by Gasteiger charge is 2.07. The van der Waals surface area contributed by atoms with Gasteiger partial charge in [-0.2, -0.15) is 9.20 Å². The van der Waals surface area contributed by atoms with Gasteiger partial charge in [-0.3, -0.25) is 0 Å². The fourth-order valence-electron chi connectivity index (χ4n) is 2.40. The monoisotopic (exact) mass is 336 g/mol. The van der Waals surface area contributed by atoms with Gasteiger partial charge in [0, 0.05) is 13.1 Å². The second-order valence-electron chi connectivity index (χ2n) is 5.34. The maximum Gasteiger partial charge on any atom is 0.247 e. The largest absolute Gasteiger partial charge is 0.367 e. The Morgan fingerprint density at radius 2 is 1.76 bits per heavy atom. The van der Waals surface area contributed by atoms with Crippen LogP contribution in [0.3, 0.4) is 0 Å². The summed E-state index contributed by atoms with van der Waals surface area (Å²) in [5.74, 6) is 2.09. The Labute approximate surface area is 142 Å². The van der Waals surface area contributed by atoms with E-state index in [1.54, 1.807) is 9.20 Å². The van der Waals surface area contributed by atoms with E-state index in [2.05, 4.69) is 41.5 Å². The lowest BCUT2D eigenvalue weighted by Gasteiger charge is -2.08. The molecule has 0 spiro atoms. The van der Waals surface area contributed by atoms with Crippen LogP contribution in [0.2, 0.25) is 0 Å². The molecule has 4 rings (SSSR count). The summed E-state index contributed by atoms with van der Waals surface area (Å²) in [5.41, 5.74) is 1.63. The third-order valence-corrected chi connectivity index (χ3v) is 3.60. The van der Waals surface area contributed by atoms with Crippen LogP contribution in [0.4, 0.5) is 11.8 Å². The number of anilines is 2. The predicted molar refractivity (Wildman–Crippen MR) is 91.7 cm³/mol. The highest BCUT2D eigenvalue weighted by atomic mass is 15.6. The van der Waals surface area contributed by atoms with Gasteiger partial charge in [0.1, 0.15) is 5.82 Å². The van der Waals surface area contributed by atoms with Crippen LogP contribution in [0.25, 0.3) is 11.3 Å². The summed E-state index contributed by atoms with van der Waals surface area (Å²) in [6, 6.07) is 13.5. The van der Waals surface area contributed by atoms with Crippen molar-refractivity contribution in [3.05, 3.63) is 48.3 Å². The van der Waals surface area contributed by atoms with E-state index < -0.39 is 0 Å². The van der Waals surface area contributed by atoms with Gasteiger partial charge in [-0.1, -0.05) is 23.3 Å². The fraction of sp³-hybridized carbons (Fsp3) is 0.200. The average molecular weight is 336 g/mol. The number of benzene rings is 1. The molecule has 0 unspecified atom stereocenters. The van der Waals surface area contributed by atoms with Crippen LogP contribution in [-0.2, 0) is 0 Å². The van der Waals surface area contributed by atoms with Crippen LogP contribution in [0, 0.1) is 6.92 Å². The quantitative estimate of drug-likeness (QED) is 0.500. The molecule has 126 valence electrons. The van der Waals surface area contributed by atoms with Gasteiger partial charge >= 0.3 is 0 Å². The maximum atomic E-state index is 4.44. The molecule has 0 fully saturated rings. The minimum atomic E-state index is 0.589. The Balaban J connectivity index is 1.37. The summed E-state index contributed by atoms with van der Waals surface area (Å²) < 4.78 is 3.36. The molecule has 1 aromatic carbocycles. The number of nitrogens with zero attached hydrogens (tertiary/aromatic N) is 8. The van der Waals surface area contributed by atoms with Gasteiger partial charge in [0.05, 0.1) is 5.69 Å². The first-order valence-corrected chi connectivity index (χ1v) is 7.82. The molecule has 3 aromatic heterocycles. The van der Waals surface area contributed by atoms with Crippen LogP contribution < -0.4 is 10.6 Å². The van der Waals surface area contributed by atoms with Crippen molar-refractivity contribution in [1.29, 1.82) is 0 Å². The summed E-state index contributed by atoms with van der Waals surface area (Å²) in [7, 11) is 0. The number of hydrogen-bond donors (Lipinski definition) is 2. The molecule has 0 bridgehead atoms. The molecule has 10 nitrogen and oxygen atoms in total. The molecule has 25 heavy (non-hydrogen) atoms. The normalized spacial score (nSPS) is 10.9. The Hall–Kier alpha value is -3.56. The zero-order valence-corrected chi connectivity index (χ0v) is 13.5. The van der Waals surface area contributed by atoms with Crippen LogP contribution >= 0.6 is 0 Å². The zero-order valence-electron chi connectivity index (χ0n) is 13.5.